The summed E-state index contributed by atoms with van der Waals surface area (Å²) >= 11 is 1.45. The standard InChI is InChI=1S/C20H24N2O4S/c1-25-16-6-5-14(12-17(16)26-2)13-21-19(23)15-7-9-22(10-8-15)20(24)18-4-3-11-27-18/h3-6,11-12,15H,7-10,13H2,1-2H3,(H,21,23). The minimum atomic E-state index is -0.0578. The van der Waals surface area contributed by atoms with Gasteiger partial charge in [0.15, 0.2) is 11.5 Å². The molecule has 3 rings (SSSR count). The fourth-order valence-electron chi connectivity index (χ4n) is 3.22. The summed E-state index contributed by atoms with van der Waals surface area (Å²) in [6.45, 7) is 1.67. The number of rotatable bonds is 6. The van der Waals surface area contributed by atoms with E-state index in [1.54, 1.807) is 14.2 Å². The lowest BCUT2D eigenvalue weighted by Gasteiger charge is -2.31. The van der Waals surface area contributed by atoms with Gasteiger partial charge in [0.05, 0.1) is 19.1 Å². The minimum absolute atomic E-state index is 0.0352. The minimum Gasteiger partial charge on any atom is -0.493 e. The van der Waals surface area contributed by atoms with Crippen molar-refractivity contribution < 1.29 is 19.1 Å². The van der Waals surface area contributed by atoms with Crippen LogP contribution in [-0.4, -0.2) is 44.0 Å². The quantitative estimate of drug-likeness (QED) is 0.826. The first-order valence-corrected chi connectivity index (χ1v) is 9.81. The number of thiophene rings is 1. The zero-order chi connectivity index (χ0) is 19.2. The molecule has 1 fully saturated rings. The molecule has 1 N–H and O–H groups in total. The maximum Gasteiger partial charge on any atom is 0.263 e. The highest BCUT2D eigenvalue weighted by Gasteiger charge is 2.28. The third-order valence-corrected chi connectivity index (χ3v) is 5.66. The smallest absolute Gasteiger partial charge is 0.263 e. The molecule has 0 aliphatic carbocycles. The average molecular weight is 388 g/mol. The van der Waals surface area contributed by atoms with E-state index in [2.05, 4.69) is 5.32 Å². The third kappa shape index (κ3) is 4.60. The van der Waals surface area contributed by atoms with Gasteiger partial charge in [-0.05, 0) is 42.0 Å². The van der Waals surface area contributed by atoms with E-state index in [1.165, 1.54) is 11.3 Å². The molecule has 1 aliphatic heterocycles. The molecule has 144 valence electrons. The van der Waals surface area contributed by atoms with Crippen LogP contribution in [0.15, 0.2) is 35.7 Å². The van der Waals surface area contributed by atoms with E-state index in [9.17, 15) is 9.59 Å². The van der Waals surface area contributed by atoms with Crippen LogP contribution < -0.4 is 14.8 Å². The van der Waals surface area contributed by atoms with E-state index in [0.29, 0.717) is 44.0 Å². The molecule has 7 heteroatoms. The van der Waals surface area contributed by atoms with Gasteiger partial charge in [-0.15, -0.1) is 11.3 Å². The molecule has 1 saturated heterocycles. The van der Waals surface area contributed by atoms with Crippen LogP contribution in [0.5, 0.6) is 11.5 Å². The highest BCUT2D eigenvalue weighted by molar-refractivity contribution is 7.12. The topological polar surface area (TPSA) is 67.9 Å². The molecule has 0 bridgehead atoms. The second kappa shape index (κ2) is 8.90. The monoisotopic (exact) mass is 388 g/mol. The lowest BCUT2D eigenvalue weighted by Crippen LogP contribution is -2.42. The van der Waals surface area contributed by atoms with Gasteiger partial charge in [-0.25, -0.2) is 0 Å². The van der Waals surface area contributed by atoms with Crippen molar-refractivity contribution in [1.29, 1.82) is 0 Å². The van der Waals surface area contributed by atoms with E-state index < -0.39 is 0 Å². The number of carbonyl (C=O) groups excluding carboxylic acids is 2. The average Bonchev–Trinajstić information content (AvgIpc) is 3.26. The summed E-state index contributed by atoms with van der Waals surface area (Å²) in [6.07, 6.45) is 1.38. The summed E-state index contributed by atoms with van der Waals surface area (Å²) in [7, 11) is 3.18. The number of carbonyl (C=O) groups is 2. The number of ether oxygens (including phenoxy) is 2. The van der Waals surface area contributed by atoms with Gasteiger partial charge in [-0.3, -0.25) is 9.59 Å². The summed E-state index contributed by atoms with van der Waals surface area (Å²) < 4.78 is 10.5. The Morgan fingerprint density at radius 2 is 1.89 bits per heavy atom. The summed E-state index contributed by atoms with van der Waals surface area (Å²) in [5.41, 5.74) is 0.950. The van der Waals surface area contributed by atoms with Gasteiger partial charge in [0.1, 0.15) is 0 Å². The summed E-state index contributed by atoms with van der Waals surface area (Å²) in [5.74, 6) is 1.35. The van der Waals surface area contributed by atoms with Gasteiger partial charge < -0.3 is 19.7 Å². The van der Waals surface area contributed by atoms with Crippen LogP contribution in [0.2, 0.25) is 0 Å². The van der Waals surface area contributed by atoms with Gasteiger partial charge in [0.2, 0.25) is 5.91 Å². The molecule has 0 spiro atoms. The first-order chi connectivity index (χ1) is 13.1. The molecule has 0 saturated carbocycles. The Morgan fingerprint density at radius 1 is 1.15 bits per heavy atom. The predicted molar refractivity (Wildman–Crippen MR) is 104 cm³/mol. The Balaban J connectivity index is 1.49. The number of hydrogen-bond acceptors (Lipinski definition) is 5. The van der Waals surface area contributed by atoms with Crippen LogP contribution in [0.3, 0.4) is 0 Å². The molecular formula is C20H24N2O4S. The largest absolute Gasteiger partial charge is 0.493 e. The maximum atomic E-state index is 12.5. The molecule has 2 amide bonds. The van der Waals surface area contributed by atoms with Crippen molar-refractivity contribution in [2.45, 2.75) is 19.4 Å². The number of likely N-dealkylation sites (tertiary alicyclic amines) is 1. The SMILES string of the molecule is COc1ccc(CNC(=O)C2CCN(C(=O)c3cccs3)CC2)cc1OC. The first kappa shape index (κ1) is 19.2. The van der Waals surface area contributed by atoms with Crippen molar-refractivity contribution >= 4 is 23.2 Å². The fraction of sp³-hybridized carbons (Fsp3) is 0.400. The van der Waals surface area contributed by atoms with Gasteiger partial charge >= 0.3 is 0 Å². The van der Waals surface area contributed by atoms with Gasteiger partial charge in [-0.1, -0.05) is 12.1 Å². The molecule has 0 atom stereocenters. The van der Waals surface area contributed by atoms with Gasteiger partial charge in [0.25, 0.3) is 5.91 Å². The van der Waals surface area contributed by atoms with Crippen LogP contribution in [0.1, 0.15) is 28.1 Å². The number of benzene rings is 1. The van der Waals surface area contributed by atoms with Crippen molar-refractivity contribution in [3.8, 4) is 11.5 Å². The molecule has 27 heavy (non-hydrogen) atoms. The molecule has 1 aromatic carbocycles. The van der Waals surface area contributed by atoms with Crippen molar-refractivity contribution in [2.24, 2.45) is 5.92 Å². The summed E-state index contributed by atoms with van der Waals surface area (Å²) in [6, 6.07) is 9.32. The summed E-state index contributed by atoms with van der Waals surface area (Å²) in [4.78, 5) is 27.5. The van der Waals surface area contributed by atoms with Crippen molar-refractivity contribution in [2.75, 3.05) is 27.3 Å². The predicted octanol–water partition coefficient (Wildman–Crippen LogP) is 2.93. The zero-order valence-electron chi connectivity index (χ0n) is 15.6. The first-order valence-electron chi connectivity index (χ1n) is 8.93. The zero-order valence-corrected chi connectivity index (χ0v) is 16.4. The van der Waals surface area contributed by atoms with Crippen molar-refractivity contribution in [3.05, 3.63) is 46.2 Å². The van der Waals surface area contributed by atoms with Crippen LogP contribution in [0.25, 0.3) is 0 Å². The second-order valence-corrected chi connectivity index (χ2v) is 7.40. The van der Waals surface area contributed by atoms with Gasteiger partial charge in [-0.2, -0.15) is 0 Å². The maximum absolute atomic E-state index is 12.5. The van der Waals surface area contributed by atoms with E-state index in [0.717, 1.165) is 10.4 Å². The Bertz CT molecular complexity index is 783. The number of methoxy groups -OCH3 is 2. The highest BCUT2D eigenvalue weighted by atomic mass is 32.1. The van der Waals surface area contributed by atoms with Crippen molar-refractivity contribution in [3.63, 3.8) is 0 Å². The number of hydrogen-bond donors (Lipinski definition) is 1. The van der Waals surface area contributed by atoms with Crippen molar-refractivity contribution in [1.82, 2.24) is 10.2 Å². The van der Waals surface area contributed by atoms with E-state index in [1.807, 2.05) is 40.6 Å². The lowest BCUT2D eigenvalue weighted by atomic mass is 9.95. The second-order valence-electron chi connectivity index (χ2n) is 6.45. The number of piperidine rings is 1. The lowest BCUT2D eigenvalue weighted by molar-refractivity contribution is -0.126. The molecule has 2 heterocycles. The van der Waals surface area contributed by atoms with Crippen LogP contribution >= 0.6 is 11.3 Å². The molecule has 1 aromatic heterocycles. The normalized spacial score (nSPS) is 14.7. The summed E-state index contributed by atoms with van der Waals surface area (Å²) in [5, 5.41) is 4.90. The van der Waals surface area contributed by atoms with E-state index in [-0.39, 0.29) is 17.7 Å². The Hall–Kier alpha value is -2.54. The molecular weight excluding hydrogens is 364 g/mol. The number of nitrogens with one attached hydrogen (secondary N) is 1. The third-order valence-electron chi connectivity index (χ3n) is 4.80. The number of amides is 2. The molecule has 0 unspecified atom stereocenters. The molecule has 1 aliphatic rings. The van der Waals surface area contributed by atoms with Crippen LogP contribution in [0.4, 0.5) is 0 Å². The highest BCUT2D eigenvalue weighted by Crippen LogP contribution is 2.27. The van der Waals surface area contributed by atoms with Gasteiger partial charge in [0, 0.05) is 25.6 Å². The Labute approximate surface area is 163 Å². The molecule has 6 nitrogen and oxygen atoms in total. The fourth-order valence-corrected chi connectivity index (χ4v) is 3.92. The Morgan fingerprint density at radius 3 is 2.52 bits per heavy atom. The molecule has 0 radical (unpaired) electrons. The number of nitrogens with zero attached hydrogens (tertiary/aromatic N) is 1. The van der Waals surface area contributed by atoms with E-state index in [4.69, 9.17) is 9.47 Å². The van der Waals surface area contributed by atoms with Crippen LogP contribution in [0, 0.1) is 5.92 Å². The Kier molecular flexibility index (Phi) is 6.34. The molecule has 2 aromatic rings. The van der Waals surface area contributed by atoms with E-state index >= 15 is 0 Å². The van der Waals surface area contributed by atoms with Crippen LogP contribution in [-0.2, 0) is 11.3 Å².